The van der Waals surface area contributed by atoms with Crippen LogP contribution in [-0.2, 0) is 11.2 Å². The van der Waals surface area contributed by atoms with Gasteiger partial charge in [0.1, 0.15) is 4.83 Å². The Bertz CT molecular complexity index is 1220. The van der Waals surface area contributed by atoms with Crippen molar-refractivity contribution in [2.24, 2.45) is 0 Å². The summed E-state index contributed by atoms with van der Waals surface area (Å²) in [5, 5.41) is 12.8. The summed E-state index contributed by atoms with van der Waals surface area (Å²) in [5.41, 5.74) is 2.56. The van der Waals surface area contributed by atoms with Gasteiger partial charge in [0.25, 0.3) is 0 Å². The number of H-pyrrole nitrogens is 1. The Balaban J connectivity index is 1.53. The van der Waals surface area contributed by atoms with Crippen LogP contribution in [0.3, 0.4) is 0 Å². The third-order valence-electron chi connectivity index (χ3n) is 6.13. The Morgan fingerprint density at radius 1 is 1.45 bits per heavy atom. The summed E-state index contributed by atoms with van der Waals surface area (Å²) in [6, 6.07) is 8.96. The van der Waals surface area contributed by atoms with Crippen molar-refractivity contribution in [3.63, 3.8) is 0 Å². The first-order valence-electron chi connectivity index (χ1n) is 11.1. The minimum atomic E-state index is -0.185. The van der Waals surface area contributed by atoms with Crippen LogP contribution < -0.4 is 5.32 Å². The van der Waals surface area contributed by atoms with Crippen molar-refractivity contribution in [2.75, 3.05) is 26.7 Å². The van der Waals surface area contributed by atoms with Crippen molar-refractivity contribution in [2.45, 2.75) is 39.3 Å². The van der Waals surface area contributed by atoms with Crippen LogP contribution in [0.1, 0.15) is 42.0 Å². The Labute approximate surface area is 197 Å². The van der Waals surface area contributed by atoms with E-state index in [1.807, 2.05) is 0 Å². The van der Waals surface area contributed by atoms with Gasteiger partial charge in [0.05, 0.1) is 23.9 Å². The van der Waals surface area contributed by atoms with Gasteiger partial charge >= 0.3 is 0 Å². The maximum Gasteiger partial charge on any atom is 0.245 e. The Kier molecular flexibility index (Phi) is 6.77. The van der Waals surface area contributed by atoms with Gasteiger partial charge < -0.3 is 15.2 Å². The van der Waals surface area contributed by atoms with E-state index in [9.17, 15) is 4.79 Å². The third kappa shape index (κ3) is 4.92. The molecule has 0 bridgehead atoms. The molecular weight excluding hydrogens is 434 g/mol. The average molecular weight is 464 g/mol. The maximum atomic E-state index is 12.2. The summed E-state index contributed by atoms with van der Waals surface area (Å²) in [7, 11) is 1.61. The van der Waals surface area contributed by atoms with E-state index in [0.29, 0.717) is 5.82 Å². The summed E-state index contributed by atoms with van der Waals surface area (Å²) in [6.45, 7) is 8.91. The molecule has 2 N–H and O–H groups in total. The fourth-order valence-electron chi connectivity index (χ4n) is 4.32. The Morgan fingerprint density at radius 2 is 2.27 bits per heavy atom. The Hall–Kier alpha value is -3.22. The monoisotopic (exact) mass is 463 g/mol. The first kappa shape index (κ1) is 23.0. The molecule has 3 aromatic heterocycles. The Morgan fingerprint density at radius 3 is 3.00 bits per heavy atom. The van der Waals surface area contributed by atoms with E-state index in [-0.39, 0.29) is 24.4 Å². The van der Waals surface area contributed by atoms with Gasteiger partial charge in [0.2, 0.25) is 5.91 Å². The topological polar surface area (TPSA) is 101 Å². The minimum Gasteiger partial charge on any atom is -0.363 e. The number of carbonyl (C=O) groups excluding carboxylic acids is 1. The predicted molar refractivity (Wildman–Crippen MR) is 130 cm³/mol. The van der Waals surface area contributed by atoms with Crippen LogP contribution in [-0.4, -0.2) is 63.4 Å². The highest BCUT2D eigenvalue weighted by Gasteiger charge is 2.30. The number of aryl methyl sites for hydroxylation is 1. The maximum absolute atomic E-state index is 12.2. The van der Waals surface area contributed by atoms with Gasteiger partial charge in [-0.05, 0) is 32.9 Å². The van der Waals surface area contributed by atoms with E-state index < -0.39 is 0 Å². The lowest BCUT2D eigenvalue weighted by molar-refractivity contribution is -0.116. The number of carbonyl (C=O) groups is 1. The summed E-state index contributed by atoms with van der Waals surface area (Å²) in [6.07, 6.45) is 3.49. The molecule has 172 valence electrons. The quantitative estimate of drug-likeness (QED) is 0.544. The zero-order valence-electron chi connectivity index (χ0n) is 19.4. The van der Waals surface area contributed by atoms with Crippen molar-refractivity contribution in [1.29, 1.82) is 5.26 Å². The summed E-state index contributed by atoms with van der Waals surface area (Å²) < 4.78 is 0. The van der Waals surface area contributed by atoms with E-state index in [1.165, 1.54) is 10.3 Å². The number of nitrogens with one attached hydrogen (secondary N) is 2. The summed E-state index contributed by atoms with van der Waals surface area (Å²) in [5.74, 6) is 0.423. The fraction of sp³-hybridized carbons (Fsp3) is 0.417. The van der Waals surface area contributed by atoms with Crippen molar-refractivity contribution >= 4 is 33.2 Å². The second kappa shape index (κ2) is 9.73. The predicted octanol–water partition coefficient (Wildman–Crippen LogP) is 3.25. The number of rotatable bonds is 6. The lowest BCUT2D eigenvalue weighted by Gasteiger charge is -2.44. The fourth-order valence-corrected chi connectivity index (χ4v) is 5.21. The summed E-state index contributed by atoms with van der Waals surface area (Å²) in [4.78, 5) is 31.8. The number of thiophene rings is 1. The van der Waals surface area contributed by atoms with Crippen LogP contribution in [0.5, 0.6) is 0 Å². The van der Waals surface area contributed by atoms with Gasteiger partial charge in [-0.25, -0.2) is 9.97 Å². The molecule has 3 aromatic rings. The number of hydrogen-bond donors (Lipinski definition) is 2. The van der Waals surface area contributed by atoms with Crippen molar-refractivity contribution in [3.8, 4) is 6.07 Å². The van der Waals surface area contributed by atoms with E-state index in [4.69, 9.17) is 10.2 Å². The standard InChI is InChI=1S/C24H29N7OS/c1-15-14-30(17(3)20-6-5-18-11-16(2)33-24(18)29-20)9-10-31(15)21(12-22(32)26-4)23-27-13-19(28-23)7-8-25/h5-6,11-13,15,17H,7,9-10,14H2,1-4H3,(H,26,32)(H,27,28)/b21-12+. The van der Waals surface area contributed by atoms with Crippen molar-refractivity contribution < 1.29 is 4.79 Å². The van der Waals surface area contributed by atoms with Crippen LogP contribution in [0.2, 0.25) is 0 Å². The highest BCUT2D eigenvalue weighted by Crippen LogP contribution is 2.30. The first-order valence-corrected chi connectivity index (χ1v) is 11.9. The van der Waals surface area contributed by atoms with Crippen LogP contribution in [0, 0.1) is 18.3 Å². The molecule has 8 nitrogen and oxygen atoms in total. The highest BCUT2D eigenvalue weighted by molar-refractivity contribution is 7.18. The molecular formula is C24H29N7OS. The van der Waals surface area contributed by atoms with Crippen LogP contribution in [0.15, 0.2) is 30.5 Å². The van der Waals surface area contributed by atoms with Crippen molar-refractivity contribution in [3.05, 3.63) is 52.6 Å². The number of fused-ring (bicyclic) bond motifs is 1. The number of imidazole rings is 1. The number of aromatic nitrogens is 3. The van der Waals surface area contributed by atoms with Crippen LogP contribution >= 0.6 is 11.3 Å². The van der Waals surface area contributed by atoms with Gasteiger partial charge in [-0.1, -0.05) is 6.07 Å². The number of hydrogen-bond acceptors (Lipinski definition) is 7. The SMILES string of the molecule is CNC(=O)/C=C(\c1ncc(CC#N)[nH]1)N1CCN(C(C)c2ccc3cc(C)sc3n2)CC1C. The molecule has 1 aliphatic rings. The molecule has 4 heterocycles. The average Bonchev–Trinajstić information content (AvgIpc) is 3.42. The molecule has 0 radical (unpaired) electrons. The first-order chi connectivity index (χ1) is 15.9. The number of piperazine rings is 1. The normalized spacial score (nSPS) is 18.3. The smallest absolute Gasteiger partial charge is 0.245 e. The van der Waals surface area contributed by atoms with Gasteiger partial charge in [0.15, 0.2) is 5.82 Å². The number of likely N-dealkylation sites (N-methyl/N-ethyl adjacent to an activating group) is 1. The second-order valence-corrected chi connectivity index (χ2v) is 9.67. The molecule has 2 unspecified atom stereocenters. The second-order valence-electron chi connectivity index (χ2n) is 8.44. The highest BCUT2D eigenvalue weighted by atomic mass is 32.1. The molecule has 33 heavy (non-hydrogen) atoms. The van der Waals surface area contributed by atoms with Gasteiger partial charge in [-0.3, -0.25) is 9.69 Å². The summed E-state index contributed by atoms with van der Waals surface area (Å²) >= 11 is 1.73. The van der Waals surface area contributed by atoms with Crippen molar-refractivity contribution in [1.82, 2.24) is 30.1 Å². The van der Waals surface area contributed by atoms with E-state index >= 15 is 0 Å². The van der Waals surface area contributed by atoms with Gasteiger partial charge in [-0.2, -0.15) is 5.26 Å². The molecule has 0 saturated carbocycles. The molecule has 4 rings (SSSR count). The van der Waals surface area contributed by atoms with E-state index in [2.05, 4.69) is 70.1 Å². The zero-order valence-corrected chi connectivity index (χ0v) is 20.2. The molecule has 1 fully saturated rings. The van der Waals surface area contributed by atoms with Gasteiger partial charge in [0, 0.05) is 67.0 Å². The number of nitrogens with zero attached hydrogens (tertiary/aromatic N) is 5. The molecule has 1 amide bonds. The lowest BCUT2D eigenvalue weighted by atomic mass is 10.1. The van der Waals surface area contributed by atoms with Crippen LogP contribution in [0.4, 0.5) is 0 Å². The molecule has 1 saturated heterocycles. The number of nitriles is 1. The van der Waals surface area contributed by atoms with Gasteiger partial charge in [-0.15, -0.1) is 11.3 Å². The number of pyridine rings is 1. The zero-order chi connectivity index (χ0) is 23.5. The minimum absolute atomic E-state index is 0.161. The lowest BCUT2D eigenvalue weighted by Crippen LogP contribution is -2.51. The largest absolute Gasteiger partial charge is 0.363 e. The van der Waals surface area contributed by atoms with E-state index in [0.717, 1.165) is 41.5 Å². The molecule has 0 spiro atoms. The molecule has 0 aromatic carbocycles. The van der Waals surface area contributed by atoms with E-state index in [1.54, 1.807) is 30.7 Å². The number of amides is 1. The third-order valence-corrected chi connectivity index (χ3v) is 7.09. The molecule has 2 atom stereocenters. The molecule has 0 aliphatic carbocycles. The van der Waals surface area contributed by atoms with Crippen LogP contribution in [0.25, 0.3) is 15.9 Å². The number of aromatic amines is 1. The molecule has 9 heteroatoms. The molecule has 1 aliphatic heterocycles.